The molecule has 0 aromatic rings. The van der Waals surface area contributed by atoms with Gasteiger partial charge in [-0.05, 0) is 25.9 Å². The van der Waals surface area contributed by atoms with Crippen molar-refractivity contribution < 1.29 is 24.6 Å². The molecule has 8 nitrogen and oxygen atoms in total. The minimum absolute atomic E-state index is 0.272. The van der Waals surface area contributed by atoms with E-state index in [1.54, 1.807) is 7.05 Å². The number of nitrogens with one attached hydrogen (secondary N) is 1. The van der Waals surface area contributed by atoms with Crippen LogP contribution in [0.3, 0.4) is 0 Å². The molecule has 0 spiro atoms. The average Bonchev–Trinajstić information content (AvgIpc) is 2.84. The van der Waals surface area contributed by atoms with Gasteiger partial charge in [-0.25, -0.2) is 9.59 Å². The molecule has 8 heteroatoms. The summed E-state index contributed by atoms with van der Waals surface area (Å²) in [4.78, 5) is 37.2. The Hall–Kier alpha value is -1.83. The molecule has 21 heavy (non-hydrogen) atoms. The second-order valence-corrected chi connectivity index (χ2v) is 5.24. The zero-order valence-electron chi connectivity index (χ0n) is 12.4. The molecule has 120 valence electrons. The highest BCUT2D eigenvalue weighted by molar-refractivity contribution is 5.86. The first-order valence-corrected chi connectivity index (χ1v) is 7.05. The summed E-state index contributed by atoms with van der Waals surface area (Å²) in [7, 11) is 1.58. The lowest BCUT2D eigenvalue weighted by Gasteiger charge is -2.28. The number of hydrogen-bond donors (Lipinski definition) is 3. The number of carbonyl (C=O) groups is 3. The number of carboxylic acids is 2. The average molecular weight is 301 g/mol. The van der Waals surface area contributed by atoms with Crippen LogP contribution in [0.2, 0.25) is 0 Å². The summed E-state index contributed by atoms with van der Waals surface area (Å²) in [6.45, 7) is 4.48. The predicted octanol–water partition coefficient (Wildman–Crippen LogP) is 0.0400. The standard InChI is InChI=1S/C13H23N3O5/c1-3-16-6-4-5-9(16)8-15(2)13(21)14-10(12(19)20)7-11(17)18/h9-10H,3-8H2,1-2H3,(H,14,21)(H,17,18)(H,19,20). The van der Waals surface area contributed by atoms with Crippen LogP contribution >= 0.6 is 0 Å². The summed E-state index contributed by atoms with van der Waals surface area (Å²) < 4.78 is 0. The molecule has 2 atom stereocenters. The van der Waals surface area contributed by atoms with Crippen LogP contribution < -0.4 is 5.32 Å². The summed E-state index contributed by atoms with van der Waals surface area (Å²) >= 11 is 0. The minimum Gasteiger partial charge on any atom is -0.481 e. The van der Waals surface area contributed by atoms with E-state index < -0.39 is 30.4 Å². The lowest BCUT2D eigenvalue weighted by Crippen LogP contribution is -2.50. The lowest BCUT2D eigenvalue weighted by molar-refractivity contribution is -0.145. The molecule has 1 aliphatic rings. The molecule has 0 saturated carbocycles. The Morgan fingerprint density at radius 3 is 2.57 bits per heavy atom. The van der Waals surface area contributed by atoms with Gasteiger partial charge in [0.2, 0.25) is 0 Å². The third kappa shape index (κ3) is 5.22. The number of rotatable bonds is 7. The number of aliphatic carboxylic acids is 2. The fraction of sp³-hybridized carbons (Fsp3) is 0.769. The predicted molar refractivity (Wildman–Crippen MR) is 75.1 cm³/mol. The van der Waals surface area contributed by atoms with Gasteiger partial charge < -0.3 is 20.4 Å². The summed E-state index contributed by atoms with van der Waals surface area (Å²) in [5.74, 6) is -2.62. The molecule has 0 radical (unpaired) electrons. The van der Waals surface area contributed by atoms with E-state index >= 15 is 0 Å². The van der Waals surface area contributed by atoms with Gasteiger partial charge in [-0.3, -0.25) is 9.69 Å². The largest absolute Gasteiger partial charge is 0.481 e. The number of carbonyl (C=O) groups excluding carboxylic acids is 1. The van der Waals surface area contributed by atoms with Gasteiger partial charge in [-0.15, -0.1) is 0 Å². The topological polar surface area (TPSA) is 110 Å². The number of amides is 2. The van der Waals surface area contributed by atoms with Crippen molar-refractivity contribution in [1.29, 1.82) is 0 Å². The number of carboxylic acid groups (broad SMARTS) is 2. The van der Waals surface area contributed by atoms with Crippen molar-refractivity contribution in [2.45, 2.75) is 38.3 Å². The molecule has 0 bridgehead atoms. The summed E-state index contributed by atoms with van der Waals surface area (Å²) in [5.41, 5.74) is 0. The Kier molecular flexibility index (Phi) is 6.41. The summed E-state index contributed by atoms with van der Waals surface area (Å²) in [6.07, 6.45) is 1.45. The zero-order valence-corrected chi connectivity index (χ0v) is 12.4. The molecule has 0 aromatic carbocycles. The van der Waals surface area contributed by atoms with Crippen LogP contribution in [0.25, 0.3) is 0 Å². The molecule has 1 rings (SSSR count). The van der Waals surface area contributed by atoms with Crippen LogP contribution in [0.15, 0.2) is 0 Å². The van der Waals surface area contributed by atoms with Crippen molar-refractivity contribution in [2.24, 2.45) is 0 Å². The molecule has 1 heterocycles. The molecule has 1 aliphatic heterocycles. The Morgan fingerprint density at radius 1 is 1.38 bits per heavy atom. The molecule has 1 saturated heterocycles. The number of hydrogen-bond acceptors (Lipinski definition) is 4. The third-order valence-corrected chi connectivity index (χ3v) is 3.71. The van der Waals surface area contributed by atoms with Gasteiger partial charge in [-0.1, -0.05) is 6.92 Å². The first-order chi connectivity index (χ1) is 9.85. The molecule has 2 amide bonds. The Labute approximate surface area is 123 Å². The van der Waals surface area contributed by atoms with Gasteiger partial charge in [0.15, 0.2) is 0 Å². The maximum atomic E-state index is 12.0. The van der Waals surface area contributed by atoms with Crippen LogP contribution in [0.4, 0.5) is 4.79 Å². The quantitative estimate of drug-likeness (QED) is 0.612. The van der Waals surface area contributed by atoms with Gasteiger partial charge in [0.25, 0.3) is 0 Å². The minimum atomic E-state index is -1.41. The highest BCUT2D eigenvalue weighted by atomic mass is 16.4. The van der Waals surface area contributed by atoms with Crippen LogP contribution in [-0.2, 0) is 9.59 Å². The molecule has 0 aromatic heterocycles. The fourth-order valence-electron chi connectivity index (χ4n) is 2.55. The number of nitrogens with zero attached hydrogens (tertiary/aromatic N) is 2. The fourth-order valence-corrected chi connectivity index (χ4v) is 2.55. The van der Waals surface area contributed by atoms with E-state index in [1.165, 1.54) is 4.90 Å². The molecule has 3 N–H and O–H groups in total. The van der Waals surface area contributed by atoms with Crippen molar-refractivity contribution >= 4 is 18.0 Å². The maximum Gasteiger partial charge on any atom is 0.326 e. The summed E-state index contributed by atoms with van der Waals surface area (Å²) in [6, 6.07) is -1.71. The third-order valence-electron chi connectivity index (χ3n) is 3.71. The highest BCUT2D eigenvalue weighted by Gasteiger charge is 2.28. The Balaban J connectivity index is 2.52. The van der Waals surface area contributed by atoms with E-state index in [0.717, 1.165) is 25.9 Å². The van der Waals surface area contributed by atoms with Crippen LogP contribution in [0.1, 0.15) is 26.2 Å². The van der Waals surface area contributed by atoms with E-state index in [9.17, 15) is 14.4 Å². The van der Waals surface area contributed by atoms with Gasteiger partial charge in [-0.2, -0.15) is 0 Å². The smallest absolute Gasteiger partial charge is 0.326 e. The van der Waals surface area contributed by atoms with Crippen LogP contribution in [0.5, 0.6) is 0 Å². The van der Waals surface area contributed by atoms with Gasteiger partial charge in [0.1, 0.15) is 6.04 Å². The van der Waals surface area contributed by atoms with E-state index in [1.807, 2.05) is 0 Å². The Morgan fingerprint density at radius 2 is 2.05 bits per heavy atom. The molecular formula is C13H23N3O5. The van der Waals surface area contributed by atoms with E-state index in [-0.39, 0.29) is 6.04 Å². The summed E-state index contributed by atoms with van der Waals surface area (Å²) in [5, 5.41) is 19.8. The monoisotopic (exact) mass is 301 g/mol. The number of likely N-dealkylation sites (N-methyl/N-ethyl adjacent to an activating group) is 2. The van der Waals surface area contributed by atoms with Crippen LogP contribution in [0, 0.1) is 0 Å². The zero-order chi connectivity index (χ0) is 16.0. The van der Waals surface area contributed by atoms with Crippen molar-refractivity contribution in [3.63, 3.8) is 0 Å². The van der Waals surface area contributed by atoms with E-state index in [0.29, 0.717) is 6.54 Å². The second-order valence-electron chi connectivity index (χ2n) is 5.24. The van der Waals surface area contributed by atoms with E-state index in [4.69, 9.17) is 10.2 Å². The number of urea groups is 1. The van der Waals surface area contributed by atoms with Crippen molar-refractivity contribution in [2.75, 3.05) is 26.7 Å². The van der Waals surface area contributed by atoms with Crippen LogP contribution in [-0.4, -0.2) is 76.7 Å². The Bertz CT molecular complexity index is 401. The number of likely N-dealkylation sites (tertiary alicyclic amines) is 1. The molecule has 1 fully saturated rings. The first kappa shape index (κ1) is 17.2. The molecular weight excluding hydrogens is 278 g/mol. The van der Waals surface area contributed by atoms with Crippen molar-refractivity contribution in [3.05, 3.63) is 0 Å². The SMILES string of the molecule is CCN1CCCC1CN(C)C(=O)NC(CC(=O)O)C(=O)O. The molecule has 2 unspecified atom stereocenters. The van der Waals surface area contributed by atoms with Gasteiger partial charge >= 0.3 is 18.0 Å². The highest BCUT2D eigenvalue weighted by Crippen LogP contribution is 2.17. The lowest BCUT2D eigenvalue weighted by atomic mass is 10.2. The van der Waals surface area contributed by atoms with E-state index in [2.05, 4.69) is 17.1 Å². The van der Waals surface area contributed by atoms with Crippen molar-refractivity contribution in [3.8, 4) is 0 Å². The maximum absolute atomic E-state index is 12.0. The normalized spacial score (nSPS) is 20.0. The first-order valence-electron chi connectivity index (χ1n) is 7.05. The molecule has 0 aliphatic carbocycles. The second kappa shape index (κ2) is 7.82. The van der Waals surface area contributed by atoms with Gasteiger partial charge in [0, 0.05) is 19.6 Å². The van der Waals surface area contributed by atoms with Gasteiger partial charge in [0.05, 0.1) is 6.42 Å². The van der Waals surface area contributed by atoms with Crippen molar-refractivity contribution in [1.82, 2.24) is 15.1 Å².